The second-order valence-electron chi connectivity index (χ2n) is 22.3. The Morgan fingerprint density at radius 3 is 2.27 bits per heavy atom. The fourth-order valence-electron chi connectivity index (χ4n) is 11.1. The quantitative estimate of drug-likeness (QED) is 0.131. The zero-order valence-electron chi connectivity index (χ0n) is 47.4. The molecular formula is C56H80N8O15. The number of carbonyl (C=O) groups is 8. The molecule has 0 aromatic heterocycles. The maximum absolute atomic E-state index is 15.0. The lowest BCUT2D eigenvalue weighted by atomic mass is 9.78. The van der Waals surface area contributed by atoms with Gasteiger partial charge < -0.3 is 71.1 Å². The summed E-state index contributed by atoms with van der Waals surface area (Å²) < 4.78 is 30.4. The van der Waals surface area contributed by atoms with Crippen molar-refractivity contribution in [1.82, 2.24) is 31.1 Å². The number of carbonyl (C=O) groups excluding carboxylic acids is 8. The molecule has 23 heteroatoms. The molecule has 1 aromatic rings. The average molecular weight is 1110 g/mol. The van der Waals surface area contributed by atoms with Crippen LogP contribution in [0.5, 0.6) is 11.5 Å². The van der Waals surface area contributed by atoms with Gasteiger partial charge in [-0.2, -0.15) is 0 Å². The molecule has 11 atom stereocenters. The van der Waals surface area contributed by atoms with E-state index in [2.05, 4.69) is 40.0 Å². The number of primary amides is 1. The number of rotatable bonds is 13. The predicted octanol–water partition coefficient (Wildman–Crippen LogP) is 2.18. The highest BCUT2D eigenvalue weighted by molar-refractivity contribution is 6.19. The summed E-state index contributed by atoms with van der Waals surface area (Å²) >= 11 is 0. The Bertz CT molecular complexity index is 2690. The molecule has 6 rings (SSSR count). The van der Waals surface area contributed by atoms with Crippen LogP contribution < -0.4 is 37.5 Å². The Labute approximate surface area is 461 Å². The first-order valence-corrected chi connectivity index (χ1v) is 26.9. The number of nitrogens with two attached hydrogens (primary N) is 2. The molecule has 5 bridgehead atoms. The van der Waals surface area contributed by atoms with Gasteiger partial charge in [0.1, 0.15) is 35.9 Å². The molecule has 1 unspecified atom stereocenters. The van der Waals surface area contributed by atoms with Gasteiger partial charge in [0, 0.05) is 94.4 Å². The number of allylic oxidation sites excluding steroid dienone is 3. The molecule has 4 heterocycles. The van der Waals surface area contributed by atoms with Crippen LogP contribution >= 0.6 is 0 Å². The van der Waals surface area contributed by atoms with Gasteiger partial charge in [-0.15, -0.1) is 0 Å². The number of Topliss-reactive ketones (excluding diaryl/α,β-unsaturated/α-hetero) is 2. The van der Waals surface area contributed by atoms with Crippen molar-refractivity contribution in [3.8, 4) is 11.5 Å². The number of fused-ring (bicyclic) bond motifs is 3. The molecule has 23 nitrogen and oxygen atoms in total. The molecule has 2 saturated heterocycles. The number of nitrogens with zero attached hydrogens (tertiary/aromatic N) is 2. The number of aliphatic hydroxyl groups is 1. The molecule has 1 spiro atoms. The van der Waals surface area contributed by atoms with E-state index in [0.29, 0.717) is 37.5 Å². The number of aromatic hydroxyl groups is 1. The number of esters is 2. The highest BCUT2D eigenvalue weighted by atomic mass is 16.7. The van der Waals surface area contributed by atoms with Crippen LogP contribution in [0.1, 0.15) is 126 Å². The number of ether oxygens (including phenoxy) is 5. The zero-order valence-corrected chi connectivity index (χ0v) is 47.4. The normalized spacial score (nSPS) is 29.9. The van der Waals surface area contributed by atoms with Crippen molar-refractivity contribution in [2.75, 3.05) is 46.9 Å². The van der Waals surface area contributed by atoms with Gasteiger partial charge in [-0.25, -0.2) is 0 Å². The average Bonchev–Trinajstić information content (AvgIpc) is 3.43. The number of amides is 4. The number of benzene rings is 1. The maximum Gasteiger partial charge on any atom is 0.325 e. The first-order chi connectivity index (χ1) is 37.0. The fourth-order valence-corrected chi connectivity index (χ4v) is 11.1. The van der Waals surface area contributed by atoms with E-state index in [1.165, 1.54) is 60.3 Å². The standard InChI is InChI=1S/C56H80N8O15/c1-27(2)25-64-21-19-56(20-22-64)61-43-40-41-47(70)33(8)51-42(40)52(72)55(10,79-51)76-23-18-36(75-12)30(5)50(77-34(9)65)32(7)46(69)31(6)49(28(3)14-13-15-29(4)53(73)60-45(48(41)71)44(43)62-56)78-39(68)26-63(11)38(67)24-59-54(74)35(57)16-17-37(58)66/h13-15,18,23,27-28,30-32,35-36,43,46,49-50,61-62,69-70H,16-17,19-22,24-26,57H2,1-12H3,(H2,58,66)(H,59,74)(H,60,73)/b14-13+,23-18+,29-15-/t28-,30+,31-,32+,35-,36-,43?,46+,49-,50+,55-/m0/s1. The molecule has 4 amide bonds. The highest BCUT2D eigenvalue weighted by Gasteiger charge is 2.56. The van der Waals surface area contributed by atoms with Gasteiger partial charge in [0.25, 0.3) is 11.7 Å². The summed E-state index contributed by atoms with van der Waals surface area (Å²) in [4.78, 5) is 111. The van der Waals surface area contributed by atoms with Crippen molar-refractivity contribution in [3.63, 3.8) is 0 Å². The van der Waals surface area contributed by atoms with Crippen molar-refractivity contribution in [2.24, 2.45) is 41.1 Å². The topological polar surface area (TPSA) is 330 Å². The van der Waals surface area contributed by atoms with Crippen LogP contribution in [0, 0.1) is 36.5 Å². The fraction of sp³-hybridized carbons (Fsp3) is 0.607. The predicted molar refractivity (Wildman–Crippen MR) is 287 cm³/mol. The molecule has 0 radical (unpaired) electrons. The Morgan fingerprint density at radius 1 is 0.987 bits per heavy atom. The number of ketones is 2. The van der Waals surface area contributed by atoms with E-state index in [9.17, 15) is 48.6 Å². The van der Waals surface area contributed by atoms with E-state index < -0.39 is 138 Å². The van der Waals surface area contributed by atoms with Crippen molar-refractivity contribution >= 4 is 47.1 Å². The summed E-state index contributed by atoms with van der Waals surface area (Å²) in [5.41, 5.74) is 10.7. The largest absolute Gasteiger partial charge is 0.507 e. The molecular weight excluding hydrogens is 1020 g/mol. The lowest BCUT2D eigenvalue weighted by molar-refractivity contribution is -0.166. The Balaban J connectivity index is 1.39. The summed E-state index contributed by atoms with van der Waals surface area (Å²) in [6, 6.07) is -2.01. The van der Waals surface area contributed by atoms with Crippen LogP contribution in [0.25, 0.3) is 0 Å². The first-order valence-electron chi connectivity index (χ1n) is 26.9. The van der Waals surface area contributed by atoms with Gasteiger partial charge in [0.2, 0.25) is 23.5 Å². The molecule has 1 aromatic carbocycles. The van der Waals surface area contributed by atoms with Crippen LogP contribution in [0.4, 0.5) is 0 Å². The zero-order chi connectivity index (χ0) is 58.6. The van der Waals surface area contributed by atoms with Crippen molar-refractivity contribution in [1.29, 1.82) is 0 Å². The smallest absolute Gasteiger partial charge is 0.325 e. The van der Waals surface area contributed by atoms with Crippen LogP contribution in [-0.4, -0.2) is 156 Å². The summed E-state index contributed by atoms with van der Waals surface area (Å²) in [5.74, 6) is -10.8. The highest BCUT2D eigenvalue weighted by Crippen LogP contribution is 2.53. The number of likely N-dealkylation sites (tertiary alicyclic amines) is 1. The van der Waals surface area contributed by atoms with E-state index in [4.69, 9.17) is 35.2 Å². The minimum Gasteiger partial charge on any atom is -0.507 e. The van der Waals surface area contributed by atoms with E-state index >= 15 is 0 Å². The Hall–Kier alpha value is -6.66. The molecule has 10 N–H and O–H groups in total. The number of hydrogen-bond donors (Lipinski definition) is 8. The number of hydrogen-bond acceptors (Lipinski definition) is 19. The third-order valence-electron chi connectivity index (χ3n) is 15.7. The van der Waals surface area contributed by atoms with E-state index in [-0.39, 0.29) is 52.1 Å². The first kappa shape index (κ1) is 61.6. The van der Waals surface area contributed by atoms with Crippen LogP contribution in [-0.2, 0) is 47.7 Å². The third-order valence-corrected chi connectivity index (χ3v) is 15.7. The molecule has 434 valence electrons. The number of piperidine rings is 1. The van der Waals surface area contributed by atoms with Gasteiger partial charge in [-0.1, -0.05) is 59.8 Å². The number of methoxy groups -OCH3 is 1. The minimum absolute atomic E-state index is 0.0201. The number of aliphatic hydroxyl groups excluding tert-OH is 1. The molecule has 79 heavy (non-hydrogen) atoms. The second kappa shape index (κ2) is 25.2. The summed E-state index contributed by atoms with van der Waals surface area (Å²) in [5, 5.41) is 36.7. The van der Waals surface area contributed by atoms with Gasteiger partial charge in [0.15, 0.2) is 0 Å². The lowest BCUT2D eigenvalue weighted by Gasteiger charge is -2.40. The van der Waals surface area contributed by atoms with Crippen LogP contribution in [0.2, 0.25) is 0 Å². The van der Waals surface area contributed by atoms with Gasteiger partial charge in [0.05, 0.1) is 59.6 Å². The third kappa shape index (κ3) is 13.5. The monoisotopic (exact) mass is 1100 g/mol. The van der Waals surface area contributed by atoms with E-state index in [0.717, 1.165) is 11.4 Å². The van der Waals surface area contributed by atoms with Gasteiger partial charge in [-0.05, 0) is 45.1 Å². The number of phenolic OH excluding ortho intramolecular Hbond substituents is 1. The summed E-state index contributed by atoms with van der Waals surface area (Å²) in [6.07, 6.45) is 4.04. The van der Waals surface area contributed by atoms with Gasteiger partial charge >= 0.3 is 17.7 Å². The summed E-state index contributed by atoms with van der Waals surface area (Å²) in [7, 11) is 2.74. The van der Waals surface area contributed by atoms with E-state index in [1.807, 2.05) is 0 Å². The van der Waals surface area contributed by atoms with Crippen LogP contribution in [0.3, 0.4) is 0 Å². The lowest BCUT2D eigenvalue weighted by Crippen LogP contribution is -2.56. The molecule has 5 aliphatic rings. The number of likely N-dealkylation sites (N-methyl/N-ethyl adjacent to an activating group) is 1. The van der Waals surface area contributed by atoms with Crippen LogP contribution in [0.15, 0.2) is 47.5 Å². The maximum atomic E-state index is 15.0. The molecule has 0 saturated carbocycles. The number of phenols is 1. The second-order valence-corrected chi connectivity index (χ2v) is 22.3. The number of nitrogens with one attached hydrogen (secondary N) is 4. The molecule has 4 aliphatic heterocycles. The molecule has 2 fully saturated rings. The van der Waals surface area contributed by atoms with Gasteiger partial charge in [-0.3, -0.25) is 43.7 Å². The summed E-state index contributed by atoms with van der Waals surface area (Å²) in [6.45, 7) is 17.9. The minimum atomic E-state index is -2.03. The van der Waals surface area contributed by atoms with Crippen molar-refractivity contribution in [2.45, 2.75) is 143 Å². The Morgan fingerprint density at radius 2 is 1.65 bits per heavy atom. The van der Waals surface area contributed by atoms with Crippen molar-refractivity contribution < 1.29 is 72.3 Å². The Kier molecular flexibility index (Phi) is 19.6. The van der Waals surface area contributed by atoms with E-state index in [1.54, 1.807) is 39.8 Å². The van der Waals surface area contributed by atoms with Crippen molar-refractivity contribution in [3.05, 3.63) is 69.8 Å². The molecule has 1 aliphatic carbocycles. The SMILES string of the molecule is CO[C@H]1/C=C/O[C@@]2(C)Oc3c(C)c(O)c4c(c3C2=O)C2NC3(CCN(CC(C)C)CC3)NC2=C(NC(=O)/C(C)=C\C=C\[C@H](C)[C@H](OC(=O)CN(C)C(=O)CNC(=O)[C@@H](N)CCC(N)=O)[C@@H](C)[C@@H](O)[C@@H](C)[C@H](OC(C)=O)[C@@H]1C)C4=O.